The number of hydrogen-bond acceptors (Lipinski definition) is 6. The minimum Gasteiger partial charge on any atom is -0.468 e. The lowest BCUT2D eigenvalue weighted by molar-refractivity contribution is -0.156. The smallest absolute Gasteiger partial charge is 0.325 e. The van der Waals surface area contributed by atoms with Crippen molar-refractivity contribution in [3.8, 4) is 0 Å². The Labute approximate surface area is 179 Å². The average molecular weight is 422 g/mol. The lowest BCUT2D eigenvalue weighted by atomic mass is 9.96. The van der Waals surface area contributed by atoms with Crippen LogP contribution in [0.5, 0.6) is 0 Å². The molecule has 0 spiro atoms. The molecule has 0 bridgehead atoms. The average Bonchev–Trinajstić information content (AvgIpc) is 2.80. The zero-order valence-electron chi connectivity index (χ0n) is 17.0. The number of imide groups is 3. The lowest BCUT2D eigenvalue weighted by Gasteiger charge is -2.39. The Morgan fingerprint density at radius 1 is 0.935 bits per heavy atom. The zero-order valence-corrected chi connectivity index (χ0v) is 17.0. The van der Waals surface area contributed by atoms with Crippen LogP contribution < -0.4 is 0 Å². The molecule has 0 N–H and O–H groups in total. The van der Waals surface area contributed by atoms with Gasteiger partial charge >= 0.3 is 5.97 Å². The van der Waals surface area contributed by atoms with Crippen LogP contribution in [0.1, 0.15) is 40.0 Å². The Balaban J connectivity index is 1.75. The summed E-state index contributed by atoms with van der Waals surface area (Å²) in [6.45, 7) is -0.191. The van der Waals surface area contributed by atoms with Crippen molar-refractivity contribution in [2.24, 2.45) is 0 Å². The van der Waals surface area contributed by atoms with Gasteiger partial charge in [0, 0.05) is 30.0 Å². The standard InChI is InChI=1S/C23H22N2O6/c1-31-21(28)15-24-18(14-20(24)27)12-13-19(26)25(22(29)16-8-4-2-5-9-16)23(30)17-10-6-3-7-11-17/h2-11,18H,12-15H2,1H3. The molecule has 0 radical (unpaired) electrons. The normalized spacial score (nSPS) is 15.1. The van der Waals surface area contributed by atoms with Crippen LogP contribution in [0.15, 0.2) is 60.7 Å². The number of likely N-dealkylation sites (tertiary alicyclic amines) is 1. The summed E-state index contributed by atoms with van der Waals surface area (Å²) in [6, 6.07) is 15.8. The van der Waals surface area contributed by atoms with Gasteiger partial charge in [-0.25, -0.2) is 4.90 Å². The molecule has 31 heavy (non-hydrogen) atoms. The number of nitrogens with zero attached hydrogens (tertiary/aromatic N) is 2. The maximum atomic E-state index is 13.0. The van der Waals surface area contributed by atoms with E-state index in [1.807, 2.05) is 0 Å². The number of benzene rings is 2. The van der Waals surface area contributed by atoms with E-state index in [1.54, 1.807) is 36.4 Å². The molecule has 8 nitrogen and oxygen atoms in total. The summed E-state index contributed by atoms with van der Waals surface area (Å²) in [5.41, 5.74) is 0.428. The van der Waals surface area contributed by atoms with Crippen LogP contribution in [0.3, 0.4) is 0 Å². The predicted molar refractivity (Wildman–Crippen MR) is 110 cm³/mol. The highest BCUT2D eigenvalue weighted by Gasteiger charge is 2.38. The van der Waals surface area contributed by atoms with E-state index in [0.717, 1.165) is 0 Å². The van der Waals surface area contributed by atoms with Crippen molar-refractivity contribution >= 4 is 29.6 Å². The Kier molecular flexibility index (Phi) is 6.92. The van der Waals surface area contributed by atoms with Crippen molar-refractivity contribution in [3.63, 3.8) is 0 Å². The molecule has 1 saturated heterocycles. The molecule has 1 aliphatic heterocycles. The van der Waals surface area contributed by atoms with Crippen LogP contribution in [0.25, 0.3) is 0 Å². The number of methoxy groups -OCH3 is 1. The zero-order chi connectivity index (χ0) is 22.4. The third-order valence-electron chi connectivity index (χ3n) is 5.09. The first-order chi connectivity index (χ1) is 14.9. The van der Waals surface area contributed by atoms with Crippen LogP contribution >= 0.6 is 0 Å². The van der Waals surface area contributed by atoms with Gasteiger partial charge in [-0.15, -0.1) is 0 Å². The molecule has 0 saturated carbocycles. The van der Waals surface area contributed by atoms with Gasteiger partial charge < -0.3 is 9.64 Å². The largest absolute Gasteiger partial charge is 0.468 e. The molecule has 8 heteroatoms. The van der Waals surface area contributed by atoms with Crippen LogP contribution in [0.4, 0.5) is 0 Å². The summed E-state index contributed by atoms with van der Waals surface area (Å²) < 4.78 is 4.58. The topological polar surface area (TPSA) is 101 Å². The molecular formula is C23H22N2O6. The molecule has 160 valence electrons. The van der Waals surface area contributed by atoms with E-state index >= 15 is 0 Å². The fourth-order valence-corrected chi connectivity index (χ4v) is 3.34. The molecule has 1 aliphatic rings. The van der Waals surface area contributed by atoms with Crippen molar-refractivity contribution < 1.29 is 28.7 Å². The van der Waals surface area contributed by atoms with E-state index in [0.29, 0.717) is 4.90 Å². The predicted octanol–water partition coefficient (Wildman–Crippen LogP) is 2.05. The molecule has 1 fully saturated rings. The molecule has 0 aromatic heterocycles. The molecule has 1 unspecified atom stereocenters. The molecular weight excluding hydrogens is 400 g/mol. The van der Waals surface area contributed by atoms with Gasteiger partial charge in [-0.1, -0.05) is 36.4 Å². The van der Waals surface area contributed by atoms with Crippen LogP contribution in [-0.4, -0.2) is 59.1 Å². The molecule has 2 aromatic rings. The van der Waals surface area contributed by atoms with E-state index in [9.17, 15) is 24.0 Å². The van der Waals surface area contributed by atoms with Gasteiger partial charge in [-0.05, 0) is 30.7 Å². The first kappa shape index (κ1) is 21.9. The lowest BCUT2D eigenvalue weighted by Crippen LogP contribution is -2.55. The highest BCUT2D eigenvalue weighted by atomic mass is 16.5. The van der Waals surface area contributed by atoms with Crippen molar-refractivity contribution in [2.45, 2.75) is 25.3 Å². The molecule has 4 amide bonds. The van der Waals surface area contributed by atoms with Crippen molar-refractivity contribution in [1.29, 1.82) is 0 Å². The van der Waals surface area contributed by atoms with Crippen LogP contribution in [0.2, 0.25) is 0 Å². The third kappa shape index (κ3) is 5.03. The van der Waals surface area contributed by atoms with E-state index in [2.05, 4.69) is 4.74 Å². The van der Waals surface area contributed by atoms with E-state index < -0.39 is 23.7 Å². The van der Waals surface area contributed by atoms with Gasteiger partial charge in [-0.2, -0.15) is 0 Å². The van der Waals surface area contributed by atoms with Gasteiger partial charge in [-0.3, -0.25) is 24.0 Å². The van der Waals surface area contributed by atoms with Gasteiger partial charge in [0.2, 0.25) is 11.8 Å². The third-order valence-corrected chi connectivity index (χ3v) is 5.09. The fourth-order valence-electron chi connectivity index (χ4n) is 3.34. The minimum absolute atomic E-state index is 0.132. The van der Waals surface area contributed by atoms with Crippen LogP contribution in [-0.2, 0) is 19.1 Å². The summed E-state index contributed by atoms with van der Waals surface area (Å²) >= 11 is 0. The quantitative estimate of drug-likeness (QED) is 0.385. The molecule has 2 aromatic carbocycles. The monoisotopic (exact) mass is 422 g/mol. The number of carbonyl (C=O) groups is 5. The summed E-state index contributed by atoms with van der Waals surface area (Å²) in [7, 11) is 1.23. The number of carbonyl (C=O) groups excluding carboxylic acids is 5. The maximum absolute atomic E-state index is 13.0. The second kappa shape index (κ2) is 9.80. The number of esters is 1. The summed E-state index contributed by atoms with van der Waals surface area (Å²) in [4.78, 5) is 64.2. The Morgan fingerprint density at radius 3 is 1.90 bits per heavy atom. The first-order valence-corrected chi connectivity index (χ1v) is 9.80. The van der Waals surface area contributed by atoms with Crippen molar-refractivity contribution in [1.82, 2.24) is 9.80 Å². The van der Waals surface area contributed by atoms with Crippen molar-refractivity contribution in [2.75, 3.05) is 13.7 Å². The SMILES string of the molecule is COC(=O)CN1C(=O)CC1CCC(=O)N(C(=O)c1ccccc1)C(=O)c1ccccc1. The Hall–Kier alpha value is -3.81. The summed E-state index contributed by atoms with van der Waals surface area (Å²) in [5, 5.41) is 0. The number of hydrogen-bond donors (Lipinski definition) is 0. The first-order valence-electron chi connectivity index (χ1n) is 9.80. The highest BCUT2D eigenvalue weighted by Crippen LogP contribution is 2.24. The second-order valence-electron chi connectivity index (χ2n) is 7.07. The summed E-state index contributed by atoms with van der Waals surface area (Å²) in [5.74, 6) is -2.85. The minimum atomic E-state index is -0.712. The van der Waals surface area contributed by atoms with Crippen LogP contribution in [0, 0.1) is 0 Å². The van der Waals surface area contributed by atoms with Gasteiger partial charge in [0.05, 0.1) is 7.11 Å². The van der Waals surface area contributed by atoms with E-state index in [-0.39, 0.29) is 48.9 Å². The van der Waals surface area contributed by atoms with E-state index in [1.165, 1.54) is 36.3 Å². The van der Waals surface area contributed by atoms with Gasteiger partial charge in [0.25, 0.3) is 11.8 Å². The highest BCUT2D eigenvalue weighted by molar-refractivity contribution is 6.20. The fraction of sp³-hybridized carbons (Fsp3) is 0.261. The Morgan fingerprint density at radius 2 is 1.45 bits per heavy atom. The number of β-lactam (4-membered cyclic amide) rings is 1. The van der Waals surface area contributed by atoms with Gasteiger partial charge in [0.15, 0.2) is 0 Å². The molecule has 1 heterocycles. The Bertz CT molecular complexity index is 938. The molecule has 0 aliphatic carbocycles. The molecule has 3 rings (SSSR count). The second-order valence-corrected chi connectivity index (χ2v) is 7.07. The number of rotatable bonds is 7. The summed E-state index contributed by atoms with van der Waals surface area (Å²) in [6.07, 6.45) is 0.290. The number of ether oxygens (including phenoxy) is 1. The molecule has 1 atom stereocenters. The van der Waals surface area contributed by atoms with Gasteiger partial charge in [0.1, 0.15) is 6.54 Å². The maximum Gasteiger partial charge on any atom is 0.325 e. The van der Waals surface area contributed by atoms with E-state index in [4.69, 9.17) is 0 Å². The number of amides is 4. The van der Waals surface area contributed by atoms with Crippen molar-refractivity contribution in [3.05, 3.63) is 71.8 Å².